The van der Waals surface area contributed by atoms with Crippen LogP contribution < -0.4 is 15.8 Å². The number of nitrogens with two attached hydrogens (primary N) is 1. The van der Waals surface area contributed by atoms with Crippen LogP contribution in [0.15, 0.2) is 12.1 Å². The minimum absolute atomic E-state index is 0.0593. The van der Waals surface area contributed by atoms with Crippen molar-refractivity contribution < 1.29 is 31.9 Å². The molecule has 0 aliphatic rings. The lowest BCUT2D eigenvalue weighted by molar-refractivity contribution is -0.138. The molecular formula is C18H31F3N3O4P. The Bertz CT molecular complexity index is 700. The average Bonchev–Trinajstić information content (AvgIpc) is 2.63. The summed E-state index contributed by atoms with van der Waals surface area (Å²) in [6.45, 7) is 9.38. The Kier molecular flexibility index (Phi) is 9.75. The lowest BCUT2D eigenvalue weighted by atomic mass is 10.1. The number of rotatable bonds is 12. The molecule has 0 saturated heterocycles. The van der Waals surface area contributed by atoms with Gasteiger partial charge in [-0.05, 0) is 32.5 Å². The molecule has 0 radical (unpaired) electrons. The van der Waals surface area contributed by atoms with Gasteiger partial charge >= 0.3 is 13.8 Å². The number of likely N-dealkylation sites (N-methyl/N-ethyl adjacent to an activating group) is 1. The summed E-state index contributed by atoms with van der Waals surface area (Å²) in [6.07, 6.45) is -5.04. The maximum Gasteiger partial charge on any atom is 0.420 e. The van der Waals surface area contributed by atoms with Crippen LogP contribution in [0, 0.1) is 0 Å². The van der Waals surface area contributed by atoms with Gasteiger partial charge in [0.15, 0.2) is 0 Å². The van der Waals surface area contributed by atoms with Gasteiger partial charge in [-0.15, -0.1) is 0 Å². The van der Waals surface area contributed by atoms with Gasteiger partial charge in [-0.3, -0.25) is 4.57 Å². The molecule has 0 aliphatic carbocycles. The number of benzene rings is 1. The fourth-order valence-corrected chi connectivity index (χ4v) is 3.65. The minimum atomic E-state index is -4.65. The van der Waals surface area contributed by atoms with E-state index >= 15 is 0 Å². The molecule has 7 nitrogen and oxygen atoms in total. The van der Waals surface area contributed by atoms with E-state index in [0.717, 1.165) is 25.2 Å². The molecule has 4 N–H and O–H groups in total. The fraction of sp³-hybridized carbons (Fsp3) is 0.667. The molecule has 0 fully saturated rings. The number of anilines is 2. The van der Waals surface area contributed by atoms with Gasteiger partial charge in [0.25, 0.3) is 0 Å². The number of nitrogens with zero attached hydrogens (tertiary/aromatic N) is 1. The number of hydrogen-bond donors (Lipinski definition) is 3. The Morgan fingerprint density at radius 3 is 2.41 bits per heavy atom. The van der Waals surface area contributed by atoms with Crippen LogP contribution in [0.2, 0.25) is 0 Å². The highest BCUT2D eigenvalue weighted by atomic mass is 31.2. The van der Waals surface area contributed by atoms with E-state index in [1.807, 2.05) is 18.7 Å². The summed E-state index contributed by atoms with van der Waals surface area (Å²) in [6, 6.07) is 1.86. The second-order valence-electron chi connectivity index (χ2n) is 6.61. The standard InChI is InChI=1S/C18H31F3N3O4P/c1-5-13(4)28-29(25,26)12-23-16-11-17(27-9-8-24(6-2)7-3)14(10-15(16)22)18(19,20)21/h10-11,13,23H,5-9,12,22H2,1-4H3,(H,25,26). The van der Waals surface area contributed by atoms with Gasteiger partial charge in [0.2, 0.25) is 0 Å². The van der Waals surface area contributed by atoms with Crippen LogP contribution in [0.4, 0.5) is 24.5 Å². The predicted octanol–water partition coefficient (Wildman–Crippen LogP) is 4.38. The number of ether oxygens (including phenoxy) is 1. The molecule has 0 saturated carbocycles. The van der Waals surface area contributed by atoms with Crippen molar-refractivity contribution in [3.63, 3.8) is 0 Å². The van der Waals surface area contributed by atoms with Gasteiger partial charge in [-0.1, -0.05) is 20.8 Å². The lowest BCUT2D eigenvalue weighted by Crippen LogP contribution is -2.28. The van der Waals surface area contributed by atoms with Crippen LogP contribution in [0.1, 0.15) is 39.7 Å². The number of hydrogen-bond acceptors (Lipinski definition) is 6. The summed E-state index contributed by atoms with van der Waals surface area (Å²) in [7, 11) is -3.99. The summed E-state index contributed by atoms with van der Waals surface area (Å²) in [5.74, 6) is -0.392. The number of halogens is 3. The van der Waals surface area contributed by atoms with E-state index in [1.54, 1.807) is 13.8 Å². The van der Waals surface area contributed by atoms with E-state index in [-0.39, 0.29) is 18.0 Å². The van der Waals surface area contributed by atoms with Crippen molar-refractivity contribution in [2.24, 2.45) is 0 Å². The number of nitrogens with one attached hydrogen (secondary N) is 1. The molecule has 1 aromatic carbocycles. The molecule has 0 spiro atoms. The summed E-state index contributed by atoms with van der Waals surface area (Å²) in [5, 5.41) is 2.60. The molecular weight excluding hydrogens is 410 g/mol. The zero-order valence-electron chi connectivity index (χ0n) is 17.3. The van der Waals surface area contributed by atoms with Crippen LogP contribution in [-0.2, 0) is 15.3 Å². The van der Waals surface area contributed by atoms with Crippen molar-refractivity contribution in [3.05, 3.63) is 17.7 Å². The molecule has 0 heterocycles. The maximum absolute atomic E-state index is 13.4. The highest BCUT2D eigenvalue weighted by Crippen LogP contribution is 2.45. The molecule has 29 heavy (non-hydrogen) atoms. The van der Waals surface area contributed by atoms with Crippen LogP contribution in [0.3, 0.4) is 0 Å². The molecule has 0 aromatic heterocycles. The third kappa shape index (κ3) is 8.42. The van der Waals surface area contributed by atoms with E-state index in [1.165, 1.54) is 0 Å². The Hall–Kier alpha value is -1.48. The highest BCUT2D eigenvalue weighted by molar-refractivity contribution is 7.52. The van der Waals surface area contributed by atoms with Crippen molar-refractivity contribution in [3.8, 4) is 5.75 Å². The Morgan fingerprint density at radius 1 is 1.28 bits per heavy atom. The first kappa shape index (κ1) is 25.6. The van der Waals surface area contributed by atoms with Crippen molar-refractivity contribution >= 4 is 19.0 Å². The second-order valence-corrected chi connectivity index (χ2v) is 8.41. The maximum atomic E-state index is 13.4. The van der Waals surface area contributed by atoms with Crippen LogP contribution in [-0.4, -0.2) is 48.4 Å². The average molecular weight is 441 g/mol. The van der Waals surface area contributed by atoms with E-state index in [0.29, 0.717) is 13.0 Å². The molecule has 2 atom stereocenters. The first-order valence-electron chi connectivity index (χ1n) is 9.53. The third-order valence-electron chi connectivity index (χ3n) is 4.41. The molecule has 0 aliphatic heterocycles. The summed E-state index contributed by atoms with van der Waals surface area (Å²) < 4.78 is 62.7. The molecule has 168 valence electrons. The summed E-state index contributed by atoms with van der Waals surface area (Å²) >= 11 is 0. The monoisotopic (exact) mass is 441 g/mol. The van der Waals surface area contributed by atoms with Crippen LogP contribution in [0.25, 0.3) is 0 Å². The number of nitrogen functional groups attached to an aromatic ring is 1. The summed E-state index contributed by atoms with van der Waals surface area (Å²) in [4.78, 5) is 11.9. The van der Waals surface area contributed by atoms with Gasteiger partial charge < -0.3 is 30.1 Å². The molecule has 11 heteroatoms. The third-order valence-corrected chi connectivity index (χ3v) is 5.65. The van der Waals surface area contributed by atoms with Gasteiger partial charge in [0, 0.05) is 12.6 Å². The largest absolute Gasteiger partial charge is 0.492 e. The zero-order valence-corrected chi connectivity index (χ0v) is 18.1. The smallest absolute Gasteiger partial charge is 0.420 e. The zero-order chi connectivity index (χ0) is 22.2. The SMILES string of the molecule is CCC(C)OP(=O)(O)CNc1cc(OCCN(CC)CC)c(C(F)(F)F)cc1N. The molecule has 0 amide bonds. The normalized spacial score (nSPS) is 15.2. The summed E-state index contributed by atoms with van der Waals surface area (Å²) in [5.41, 5.74) is 4.58. The molecule has 2 unspecified atom stereocenters. The number of alkyl halides is 3. The predicted molar refractivity (Wildman–Crippen MR) is 108 cm³/mol. The molecule has 1 rings (SSSR count). The van der Waals surface area contributed by atoms with E-state index in [9.17, 15) is 22.6 Å². The Morgan fingerprint density at radius 2 is 1.90 bits per heavy atom. The van der Waals surface area contributed by atoms with Crippen LogP contribution >= 0.6 is 7.60 Å². The highest BCUT2D eigenvalue weighted by Gasteiger charge is 2.35. The van der Waals surface area contributed by atoms with E-state index in [2.05, 4.69) is 5.32 Å². The van der Waals surface area contributed by atoms with Crippen molar-refractivity contribution in [2.75, 3.05) is 43.6 Å². The minimum Gasteiger partial charge on any atom is -0.492 e. The fourth-order valence-electron chi connectivity index (χ4n) is 2.49. The van der Waals surface area contributed by atoms with Crippen molar-refractivity contribution in [2.45, 2.75) is 46.4 Å². The lowest BCUT2D eigenvalue weighted by Gasteiger charge is -2.22. The van der Waals surface area contributed by atoms with Gasteiger partial charge in [-0.25, -0.2) is 0 Å². The van der Waals surface area contributed by atoms with Gasteiger partial charge in [-0.2, -0.15) is 13.2 Å². The van der Waals surface area contributed by atoms with Gasteiger partial charge in [0.05, 0.1) is 23.0 Å². The Balaban J connectivity index is 3.00. The first-order valence-corrected chi connectivity index (χ1v) is 11.3. The van der Waals surface area contributed by atoms with E-state index in [4.69, 9.17) is 15.0 Å². The Labute approximate surface area is 169 Å². The quantitative estimate of drug-likeness (QED) is 0.327. The van der Waals surface area contributed by atoms with Crippen molar-refractivity contribution in [1.29, 1.82) is 0 Å². The van der Waals surface area contributed by atoms with E-state index < -0.39 is 37.5 Å². The topological polar surface area (TPSA) is 97.0 Å². The van der Waals surface area contributed by atoms with Crippen LogP contribution in [0.5, 0.6) is 5.75 Å². The second kappa shape index (κ2) is 11.1. The van der Waals surface area contributed by atoms with Gasteiger partial charge in [0.1, 0.15) is 18.6 Å². The molecule has 1 aromatic rings. The molecule has 0 bridgehead atoms. The first-order chi connectivity index (χ1) is 13.4. The van der Waals surface area contributed by atoms with Crippen molar-refractivity contribution in [1.82, 2.24) is 4.90 Å².